The van der Waals surface area contributed by atoms with Gasteiger partial charge in [0.05, 0.1) is 18.3 Å². The van der Waals surface area contributed by atoms with Crippen LogP contribution in [0.15, 0.2) is 34.1 Å². The maximum atomic E-state index is 5.81. The van der Waals surface area contributed by atoms with Gasteiger partial charge in [0, 0.05) is 21.8 Å². The van der Waals surface area contributed by atoms with E-state index in [9.17, 15) is 0 Å². The Hall–Kier alpha value is -1.04. The van der Waals surface area contributed by atoms with E-state index in [2.05, 4.69) is 64.7 Å². The molecule has 0 saturated heterocycles. The molecule has 0 aliphatic rings. The molecule has 1 aromatic heterocycles. The predicted octanol–water partition coefficient (Wildman–Crippen LogP) is 5.02. The van der Waals surface area contributed by atoms with E-state index in [1.165, 1.54) is 10.4 Å². The van der Waals surface area contributed by atoms with Gasteiger partial charge in [-0.25, -0.2) is 0 Å². The Kier molecular flexibility index (Phi) is 6.08. The second-order valence-corrected chi connectivity index (χ2v) is 6.73. The van der Waals surface area contributed by atoms with Crippen LogP contribution in [-0.2, 0) is 4.74 Å². The van der Waals surface area contributed by atoms with Gasteiger partial charge in [0.2, 0.25) is 0 Å². The molecule has 1 aromatic carbocycles. The topological polar surface area (TPSA) is 30.5 Å². The number of benzene rings is 1. The maximum Gasteiger partial charge on any atom is 0.142 e. The zero-order valence-corrected chi connectivity index (χ0v) is 14.9. The number of ether oxygens (including phenoxy) is 2. The summed E-state index contributed by atoms with van der Waals surface area (Å²) in [7, 11) is 1.68. The molecule has 0 amide bonds. The van der Waals surface area contributed by atoms with Gasteiger partial charge in [0.15, 0.2) is 0 Å². The fraction of sp³-hybridized carbons (Fsp3) is 0.375. The lowest BCUT2D eigenvalue weighted by atomic mass is 10.2. The van der Waals surface area contributed by atoms with E-state index in [0.29, 0.717) is 13.2 Å². The average molecular weight is 370 g/mol. The molecule has 5 heteroatoms. The summed E-state index contributed by atoms with van der Waals surface area (Å²) in [5, 5.41) is 5.61. The first-order valence-corrected chi connectivity index (χ1v) is 8.50. The standard InChI is InChI=1S/C16H20BrNO2S/c1-11-4-5-14(15(8-11)20-7-6-19-3)18-12(2)16-9-13(17)10-21-16/h4-5,8-10,12,18H,6-7H2,1-3H3. The van der Waals surface area contributed by atoms with Crippen LogP contribution >= 0.6 is 27.3 Å². The second kappa shape index (κ2) is 7.82. The molecule has 1 N–H and O–H groups in total. The summed E-state index contributed by atoms with van der Waals surface area (Å²) in [6.45, 7) is 5.35. The molecule has 0 aliphatic carbocycles. The number of halogens is 1. The lowest BCUT2D eigenvalue weighted by Gasteiger charge is -2.18. The summed E-state index contributed by atoms with van der Waals surface area (Å²) in [5.74, 6) is 0.870. The number of methoxy groups -OCH3 is 1. The zero-order valence-electron chi connectivity index (χ0n) is 12.5. The van der Waals surface area contributed by atoms with E-state index in [0.717, 1.165) is 15.9 Å². The highest BCUT2D eigenvalue weighted by Gasteiger charge is 2.11. The van der Waals surface area contributed by atoms with Gasteiger partial charge in [-0.1, -0.05) is 6.07 Å². The van der Waals surface area contributed by atoms with Crippen molar-refractivity contribution in [2.24, 2.45) is 0 Å². The Morgan fingerprint density at radius 2 is 2.10 bits per heavy atom. The van der Waals surface area contributed by atoms with Crippen molar-refractivity contribution < 1.29 is 9.47 Å². The SMILES string of the molecule is COCCOc1cc(C)ccc1NC(C)c1cc(Br)cs1. The molecule has 21 heavy (non-hydrogen) atoms. The largest absolute Gasteiger partial charge is 0.489 e. The van der Waals surface area contributed by atoms with Gasteiger partial charge in [-0.05, 0) is 53.5 Å². The van der Waals surface area contributed by atoms with Gasteiger partial charge in [-0.3, -0.25) is 0 Å². The summed E-state index contributed by atoms with van der Waals surface area (Å²) in [6, 6.07) is 8.57. The van der Waals surface area contributed by atoms with Crippen LogP contribution in [0.5, 0.6) is 5.75 Å². The van der Waals surface area contributed by atoms with Crippen molar-refractivity contribution in [3.8, 4) is 5.75 Å². The molecule has 0 aliphatic heterocycles. The van der Waals surface area contributed by atoms with Crippen LogP contribution in [0, 0.1) is 6.92 Å². The van der Waals surface area contributed by atoms with Crippen molar-refractivity contribution in [3.05, 3.63) is 44.6 Å². The molecule has 114 valence electrons. The van der Waals surface area contributed by atoms with Crippen LogP contribution in [0.2, 0.25) is 0 Å². The second-order valence-electron chi connectivity index (χ2n) is 4.87. The molecule has 0 spiro atoms. The van der Waals surface area contributed by atoms with Crippen LogP contribution < -0.4 is 10.1 Å². The molecule has 1 unspecified atom stereocenters. The van der Waals surface area contributed by atoms with Gasteiger partial charge in [-0.15, -0.1) is 11.3 Å². The van der Waals surface area contributed by atoms with E-state index in [4.69, 9.17) is 9.47 Å². The first-order valence-electron chi connectivity index (χ1n) is 6.83. The summed E-state index contributed by atoms with van der Waals surface area (Å²) in [5.41, 5.74) is 2.19. The highest BCUT2D eigenvalue weighted by molar-refractivity contribution is 9.10. The number of hydrogen-bond acceptors (Lipinski definition) is 4. The Balaban J connectivity index is 2.10. The third-order valence-corrected chi connectivity index (χ3v) is 4.94. The Morgan fingerprint density at radius 3 is 2.76 bits per heavy atom. The minimum Gasteiger partial charge on any atom is -0.489 e. The quantitative estimate of drug-likeness (QED) is 0.695. The fourth-order valence-electron chi connectivity index (χ4n) is 1.96. The van der Waals surface area contributed by atoms with Crippen LogP contribution in [0.1, 0.15) is 23.4 Å². The molecule has 2 rings (SSSR count). The number of thiophene rings is 1. The molecule has 1 atom stereocenters. The highest BCUT2D eigenvalue weighted by atomic mass is 79.9. The summed E-state index contributed by atoms with van der Waals surface area (Å²) >= 11 is 5.23. The fourth-order valence-corrected chi connectivity index (χ4v) is 3.42. The molecule has 0 bridgehead atoms. The van der Waals surface area contributed by atoms with Crippen molar-refractivity contribution in [3.63, 3.8) is 0 Å². The van der Waals surface area contributed by atoms with Gasteiger partial charge in [0.1, 0.15) is 12.4 Å². The molecule has 1 heterocycles. The third kappa shape index (κ3) is 4.73. The van der Waals surface area contributed by atoms with E-state index in [-0.39, 0.29) is 6.04 Å². The zero-order chi connectivity index (χ0) is 15.2. The number of hydrogen-bond donors (Lipinski definition) is 1. The van der Waals surface area contributed by atoms with Crippen LogP contribution in [-0.4, -0.2) is 20.3 Å². The van der Waals surface area contributed by atoms with Crippen LogP contribution in [0.25, 0.3) is 0 Å². The van der Waals surface area contributed by atoms with Gasteiger partial charge >= 0.3 is 0 Å². The Labute approximate surface area is 138 Å². The molecule has 0 saturated carbocycles. The number of aryl methyl sites for hydroxylation is 1. The van der Waals surface area contributed by atoms with Gasteiger partial charge in [0.25, 0.3) is 0 Å². The van der Waals surface area contributed by atoms with E-state index in [1.807, 2.05) is 0 Å². The third-order valence-electron chi connectivity index (χ3n) is 3.07. The summed E-state index contributed by atoms with van der Waals surface area (Å²) < 4.78 is 12.0. The maximum absolute atomic E-state index is 5.81. The normalized spacial score (nSPS) is 12.2. The summed E-state index contributed by atoms with van der Waals surface area (Å²) in [6.07, 6.45) is 0. The van der Waals surface area contributed by atoms with E-state index >= 15 is 0 Å². The average Bonchev–Trinajstić information content (AvgIpc) is 2.88. The van der Waals surface area contributed by atoms with Crippen molar-refractivity contribution in [1.82, 2.24) is 0 Å². The first-order chi connectivity index (χ1) is 10.1. The van der Waals surface area contributed by atoms with Crippen LogP contribution in [0.4, 0.5) is 5.69 Å². The predicted molar refractivity (Wildman–Crippen MR) is 92.6 cm³/mol. The van der Waals surface area contributed by atoms with E-state index < -0.39 is 0 Å². The van der Waals surface area contributed by atoms with Crippen molar-refractivity contribution in [1.29, 1.82) is 0 Å². The Bertz CT molecular complexity index is 585. The number of nitrogens with one attached hydrogen (secondary N) is 1. The number of anilines is 1. The molecular weight excluding hydrogens is 350 g/mol. The summed E-state index contributed by atoms with van der Waals surface area (Å²) in [4.78, 5) is 1.28. The van der Waals surface area contributed by atoms with Crippen LogP contribution in [0.3, 0.4) is 0 Å². The minimum atomic E-state index is 0.230. The first kappa shape index (κ1) is 16.3. The molecule has 2 aromatic rings. The highest BCUT2D eigenvalue weighted by Crippen LogP contribution is 2.32. The monoisotopic (exact) mass is 369 g/mol. The number of rotatable bonds is 7. The lowest BCUT2D eigenvalue weighted by molar-refractivity contribution is 0.146. The van der Waals surface area contributed by atoms with Crippen molar-refractivity contribution in [2.75, 3.05) is 25.6 Å². The molecule has 0 fully saturated rings. The van der Waals surface area contributed by atoms with Crippen molar-refractivity contribution >= 4 is 33.0 Å². The molecular formula is C16H20BrNO2S. The van der Waals surface area contributed by atoms with Gasteiger partial charge in [-0.2, -0.15) is 0 Å². The van der Waals surface area contributed by atoms with Gasteiger partial charge < -0.3 is 14.8 Å². The molecule has 0 radical (unpaired) electrons. The lowest BCUT2D eigenvalue weighted by Crippen LogP contribution is -2.09. The molecule has 3 nitrogen and oxygen atoms in total. The van der Waals surface area contributed by atoms with E-state index in [1.54, 1.807) is 18.4 Å². The Morgan fingerprint density at radius 1 is 1.29 bits per heavy atom. The minimum absolute atomic E-state index is 0.230. The smallest absolute Gasteiger partial charge is 0.142 e. The van der Waals surface area contributed by atoms with Crippen molar-refractivity contribution in [2.45, 2.75) is 19.9 Å².